The van der Waals surface area contributed by atoms with Gasteiger partial charge in [0.05, 0.1) is 27.8 Å². The lowest BCUT2D eigenvalue weighted by molar-refractivity contribution is 0.660. The molecule has 4 heteroatoms. The summed E-state index contributed by atoms with van der Waals surface area (Å²) in [5.74, 6) is 0. The summed E-state index contributed by atoms with van der Waals surface area (Å²) in [4.78, 5) is 2.38. The SMILES string of the molecule is CC1(C)c2cc(N(c3ccc(-c4ccc5c(c4)c4ccccc4n5-c4ccccc4)cc3)c3cccc4c3oc3ccccc34)ccc2-c2ccc(-n3c4ccccc4c4ccccc43)cc21. The fourth-order valence-corrected chi connectivity index (χ4v) is 11.3. The monoisotopic (exact) mass is 857 g/mol. The molecule has 316 valence electrons. The number of anilines is 3. The van der Waals surface area contributed by atoms with Crippen LogP contribution >= 0.6 is 0 Å². The molecule has 0 bridgehead atoms. The Morgan fingerprint density at radius 2 is 0.910 bits per heavy atom. The van der Waals surface area contributed by atoms with Gasteiger partial charge < -0.3 is 18.5 Å². The molecule has 0 unspecified atom stereocenters. The molecule has 3 heterocycles. The van der Waals surface area contributed by atoms with Crippen LogP contribution in [0.3, 0.4) is 0 Å². The predicted molar refractivity (Wildman–Crippen MR) is 280 cm³/mol. The summed E-state index contributed by atoms with van der Waals surface area (Å²) in [6.45, 7) is 4.76. The van der Waals surface area contributed by atoms with Crippen molar-refractivity contribution in [1.29, 1.82) is 0 Å². The average molecular weight is 858 g/mol. The van der Waals surface area contributed by atoms with Crippen LogP contribution in [0.25, 0.3) is 99.2 Å². The Hall–Kier alpha value is -8.60. The van der Waals surface area contributed by atoms with E-state index in [1.165, 1.54) is 77.1 Å². The number of benzene rings is 10. The highest BCUT2D eigenvalue weighted by Gasteiger charge is 2.37. The molecule has 0 aliphatic heterocycles. The van der Waals surface area contributed by atoms with Crippen LogP contribution in [0.5, 0.6) is 0 Å². The molecule has 0 atom stereocenters. The maximum Gasteiger partial charge on any atom is 0.159 e. The molecular formula is C63H43N3O. The number of hydrogen-bond acceptors (Lipinski definition) is 2. The number of hydrogen-bond donors (Lipinski definition) is 0. The van der Waals surface area contributed by atoms with Gasteiger partial charge in [-0.3, -0.25) is 0 Å². The van der Waals surface area contributed by atoms with Gasteiger partial charge in [-0.1, -0.05) is 147 Å². The Kier molecular flexibility index (Phi) is 8.00. The lowest BCUT2D eigenvalue weighted by Crippen LogP contribution is -2.17. The topological polar surface area (TPSA) is 26.2 Å². The molecular weight excluding hydrogens is 815 g/mol. The molecule has 0 radical (unpaired) electrons. The van der Waals surface area contributed by atoms with E-state index < -0.39 is 0 Å². The summed E-state index contributed by atoms with van der Waals surface area (Å²) in [7, 11) is 0. The summed E-state index contributed by atoms with van der Waals surface area (Å²) >= 11 is 0. The second kappa shape index (κ2) is 14.2. The molecule has 14 rings (SSSR count). The van der Waals surface area contributed by atoms with Gasteiger partial charge in [0.15, 0.2) is 5.58 Å². The Morgan fingerprint density at radius 3 is 1.63 bits per heavy atom. The van der Waals surface area contributed by atoms with Crippen molar-refractivity contribution in [3.05, 3.63) is 236 Å². The standard InChI is InChI=1S/C63H43N3O/c1-63(2)54-38-44(32-34-46(54)47-35-33-45(39-55(47)63)66-56-22-10-6-17-48(56)49-18-7-11-23-57(49)66)64(60-25-14-21-52-51-20-9-13-26-61(51)67-62(52)60)43-30-27-40(28-31-43)41-29-36-59-53(37-41)50-19-8-12-24-58(50)65(59)42-15-4-3-5-16-42/h3-39H,1-2H3. The highest BCUT2D eigenvalue weighted by Crippen LogP contribution is 2.52. The van der Waals surface area contributed by atoms with Crippen molar-refractivity contribution in [3.8, 4) is 33.6 Å². The van der Waals surface area contributed by atoms with Crippen LogP contribution < -0.4 is 4.90 Å². The smallest absolute Gasteiger partial charge is 0.159 e. The van der Waals surface area contributed by atoms with Crippen LogP contribution in [0.4, 0.5) is 17.1 Å². The van der Waals surface area contributed by atoms with Crippen molar-refractivity contribution in [1.82, 2.24) is 9.13 Å². The van der Waals surface area contributed by atoms with E-state index in [4.69, 9.17) is 4.42 Å². The fourth-order valence-electron chi connectivity index (χ4n) is 11.3. The zero-order valence-electron chi connectivity index (χ0n) is 37.1. The Morgan fingerprint density at radius 1 is 0.373 bits per heavy atom. The average Bonchev–Trinajstić information content (AvgIpc) is 4.10. The van der Waals surface area contributed by atoms with Crippen LogP contribution in [0, 0.1) is 0 Å². The summed E-state index contributed by atoms with van der Waals surface area (Å²) in [6.07, 6.45) is 0. The molecule has 0 amide bonds. The Labute approximate surface area is 387 Å². The molecule has 0 saturated carbocycles. The van der Waals surface area contributed by atoms with Crippen molar-refractivity contribution < 1.29 is 4.42 Å². The van der Waals surface area contributed by atoms with Gasteiger partial charge in [-0.05, 0) is 124 Å². The first-order valence-electron chi connectivity index (χ1n) is 23.2. The van der Waals surface area contributed by atoms with Crippen LogP contribution in [0.2, 0.25) is 0 Å². The third-order valence-corrected chi connectivity index (χ3v) is 14.5. The van der Waals surface area contributed by atoms with Crippen LogP contribution in [0.1, 0.15) is 25.0 Å². The molecule has 1 aliphatic carbocycles. The maximum absolute atomic E-state index is 6.76. The molecule has 0 N–H and O–H groups in total. The van der Waals surface area contributed by atoms with Gasteiger partial charge in [-0.2, -0.15) is 0 Å². The van der Waals surface area contributed by atoms with E-state index in [0.29, 0.717) is 0 Å². The summed E-state index contributed by atoms with van der Waals surface area (Å²) in [5, 5.41) is 7.24. The van der Waals surface area contributed by atoms with E-state index in [1.807, 2.05) is 6.07 Å². The van der Waals surface area contributed by atoms with Crippen molar-refractivity contribution in [3.63, 3.8) is 0 Å². The molecule has 10 aromatic carbocycles. The van der Waals surface area contributed by atoms with Gasteiger partial charge in [0.1, 0.15) is 5.58 Å². The summed E-state index contributed by atoms with van der Waals surface area (Å²) in [5.41, 5.74) is 19.3. The first-order valence-corrected chi connectivity index (χ1v) is 23.2. The molecule has 1 aliphatic rings. The van der Waals surface area contributed by atoms with E-state index in [0.717, 1.165) is 50.3 Å². The van der Waals surface area contributed by atoms with E-state index in [2.05, 4.69) is 246 Å². The predicted octanol–water partition coefficient (Wildman–Crippen LogP) is 17.2. The zero-order valence-corrected chi connectivity index (χ0v) is 37.1. The van der Waals surface area contributed by atoms with Gasteiger partial charge in [0.25, 0.3) is 0 Å². The Bertz CT molecular complexity index is 4080. The van der Waals surface area contributed by atoms with Crippen LogP contribution in [0.15, 0.2) is 229 Å². The zero-order chi connectivity index (χ0) is 44.4. The van der Waals surface area contributed by atoms with E-state index >= 15 is 0 Å². The second-order valence-corrected chi connectivity index (χ2v) is 18.5. The molecule has 4 nitrogen and oxygen atoms in total. The number of furan rings is 1. The van der Waals surface area contributed by atoms with E-state index in [-0.39, 0.29) is 5.41 Å². The van der Waals surface area contributed by atoms with Crippen molar-refractivity contribution in [2.45, 2.75) is 19.3 Å². The largest absolute Gasteiger partial charge is 0.454 e. The minimum absolute atomic E-state index is 0.265. The quantitative estimate of drug-likeness (QED) is 0.167. The highest BCUT2D eigenvalue weighted by atomic mass is 16.3. The fraction of sp³-hybridized carbons (Fsp3) is 0.0476. The Balaban J connectivity index is 0.899. The highest BCUT2D eigenvalue weighted by molar-refractivity contribution is 6.12. The molecule has 0 spiro atoms. The molecule has 0 saturated heterocycles. The van der Waals surface area contributed by atoms with Gasteiger partial charge in [-0.15, -0.1) is 0 Å². The first-order chi connectivity index (χ1) is 33.0. The van der Waals surface area contributed by atoms with Crippen molar-refractivity contribution in [2.24, 2.45) is 0 Å². The number of fused-ring (bicyclic) bond motifs is 12. The van der Waals surface area contributed by atoms with E-state index in [9.17, 15) is 0 Å². The van der Waals surface area contributed by atoms with Crippen LogP contribution in [-0.2, 0) is 5.41 Å². The van der Waals surface area contributed by atoms with Gasteiger partial charge >= 0.3 is 0 Å². The number of para-hydroxylation sites is 6. The lowest BCUT2D eigenvalue weighted by Gasteiger charge is -2.28. The van der Waals surface area contributed by atoms with Crippen molar-refractivity contribution in [2.75, 3.05) is 4.90 Å². The third kappa shape index (κ3) is 5.54. The first kappa shape index (κ1) is 37.7. The lowest BCUT2D eigenvalue weighted by atomic mass is 9.82. The summed E-state index contributed by atoms with van der Waals surface area (Å²) in [6, 6.07) is 81.8. The molecule has 0 fully saturated rings. The number of aromatic nitrogens is 2. The number of nitrogens with zero attached hydrogens (tertiary/aromatic N) is 3. The normalized spacial score (nSPS) is 13.0. The van der Waals surface area contributed by atoms with Gasteiger partial charge in [-0.25, -0.2) is 0 Å². The summed E-state index contributed by atoms with van der Waals surface area (Å²) < 4.78 is 11.6. The number of rotatable bonds is 6. The minimum Gasteiger partial charge on any atom is -0.454 e. The van der Waals surface area contributed by atoms with Crippen molar-refractivity contribution >= 4 is 82.6 Å². The molecule has 67 heavy (non-hydrogen) atoms. The van der Waals surface area contributed by atoms with Crippen LogP contribution in [-0.4, -0.2) is 9.13 Å². The molecule has 3 aromatic heterocycles. The van der Waals surface area contributed by atoms with Gasteiger partial charge in [0.2, 0.25) is 0 Å². The van der Waals surface area contributed by atoms with E-state index in [1.54, 1.807) is 0 Å². The molecule has 13 aromatic rings. The third-order valence-electron chi connectivity index (χ3n) is 14.5. The second-order valence-electron chi connectivity index (χ2n) is 18.5. The van der Waals surface area contributed by atoms with Gasteiger partial charge in [0, 0.05) is 60.5 Å². The maximum atomic E-state index is 6.76. The minimum atomic E-state index is -0.265.